The minimum Gasteiger partial charge on any atom is -0.466 e. The fourth-order valence-corrected chi connectivity index (χ4v) is 1.79. The molecule has 0 saturated heterocycles. The van der Waals surface area contributed by atoms with Gasteiger partial charge < -0.3 is 14.8 Å². The minimum atomic E-state index is -5.27. The molecule has 0 aromatic carbocycles. The first-order valence-electron chi connectivity index (χ1n) is 5.15. The molecule has 0 radical (unpaired) electrons. The first-order chi connectivity index (χ1) is 9.11. The third kappa shape index (κ3) is 2.17. The summed E-state index contributed by atoms with van der Waals surface area (Å²) in [5, 5.41) is 3.23. The monoisotopic (exact) mass is 296 g/mol. The second kappa shape index (κ2) is 5.02. The number of esters is 1. The van der Waals surface area contributed by atoms with Crippen LogP contribution in [0.5, 0.6) is 0 Å². The van der Waals surface area contributed by atoms with Gasteiger partial charge in [0.05, 0.1) is 14.2 Å². The van der Waals surface area contributed by atoms with Crippen LogP contribution < -0.4 is 10.6 Å². The molecule has 1 atom stereocenters. The van der Waals surface area contributed by atoms with E-state index >= 15 is 0 Å². The van der Waals surface area contributed by atoms with Crippen LogP contribution in [0.3, 0.4) is 0 Å². The number of alkyl carbamates (subject to hydrolysis) is 1. The highest BCUT2D eigenvalue weighted by Crippen LogP contribution is 2.41. The number of amides is 2. The zero-order valence-corrected chi connectivity index (χ0v) is 10.7. The lowest BCUT2D eigenvalue weighted by Crippen LogP contribution is -2.66. The van der Waals surface area contributed by atoms with Crippen molar-refractivity contribution in [3.8, 4) is 0 Å². The van der Waals surface area contributed by atoms with E-state index < -0.39 is 35.3 Å². The van der Waals surface area contributed by atoms with Crippen LogP contribution in [0.4, 0.5) is 18.0 Å². The number of hydrogen-bond acceptors (Lipinski definition) is 5. The van der Waals surface area contributed by atoms with Crippen molar-refractivity contribution in [2.24, 2.45) is 0 Å². The molecule has 0 aromatic heterocycles. The number of rotatable bonds is 2. The zero-order valence-electron chi connectivity index (χ0n) is 10.7. The third-order valence-corrected chi connectivity index (χ3v) is 2.68. The van der Waals surface area contributed by atoms with Crippen molar-refractivity contribution in [3.05, 3.63) is 11.3 Å². The van der Waals surface area contributed by atoms with Crippen LogP contribution in [0, 0.1) is 0 Å². The van der Waals surface area contributed by atoms with Crippen LogP contribution in [-0.4, -0.2) is 43.9 Å². The fourth-order valence-electron chi connectivity index (χ4n) is 1.79. The van der Waals surface area contributed by atoms with Crippen LogP contribution in [-0.2, 0) is 19.1 Å². The lowest BCUT2D eigenvalue weighted by atomic mass is 9.89. The quantitative estimate of drug-likeness (QED) is 0.711. The Morgan fingerprint density at radius 1 is 1.25 bits per heavy atom. The molecule has 1 heterocycles. The molecule has 0 fully saturated rings. The van der Waals surface area contributed by atoms with Crippen LogP contribution >= 0.6 is 0 Å². The summed E-state index contributed by atoms with van der Waals surface area (Å²) in [6.45, 7) is 1.08. The molecule has 0 bridgehead atoms. The molecule has 1 rings (SSSR count). The highest BCUT2D eigenvalue weighted by atomic mass is 19.4. The molecule has 1 aliphatic heterocycles. The maximum absolute atomic E-state index is 13.3. The van der Waals surface area contributed by atoms with Crippen molar-refractivity contribution in [3.63, 3.8) is 0 Å². The molecule has 0 aromatic rings. The SMILES string of the molecule is COC(=O)N[C@@]1(C(F)(F)F)C(=O)NC(C)=C1C(=O)OC. The smallest absolute Gasteiger partial charge is 0.425 e. The van der Waals surface area contributed by atoms with E-state index in [9.17, 15) is 27.6 Å². The molecule has 0 unspecified atom stereocenters. The van der Waals surface area contributed by atoms with Gasteiger partial charge in [0.25, 0.3) is 11.4 Å². The highest BCUT2D eigenvalue weighted by molar-refractivity contribution is 6.09. The van der Waals surface area contributed by atoms with Crippen LogP contribution in [0.15, 0.2) is 11.3 Å². The van der Waals surface area contributed by atoms with Gasteiger partial charge in [-0.3, -0.25) is 10.1 Å². The summed E-state index contributed by atoms with van der Waals surface area (Å²) in [5.74, 6) is -3.01. The van der Waals surface area contributed by atoms with Crippen LogP contribution in [0.1, 0.15) is 6.92 Å². The van der Waals surface area contributed by atoms with Crippen molar-refractivity contribution >= 4 is 18.0 Å². The molecular weight excluding hydrogens is 285 g/mol. The number of hydrogen-bond donors (Lipinski definition) is 2. The Morgan fingerprint density at radius 3 is 2.20 bits per heavy atom. The number of allylic oxidation sites excluding steroid dienone is 1. The molecule has 1 aliphatic rings. The summed E-state index contributed by atoms with van der Waals surface area (Å²) in [6.07, 6.45) is -6.79. The number of methoxy groups -OCH3 is 2. The number of ether oxygens (including phenoxy) is 2. The number of alkyl halides is 3. The normalized spacial score (nSPS) is 22.4. The van der Waals surface area contributed by atoms with E-state index in [1.165, 1.54) is 5.32 Å². The van der Waals surface area contributed by atoms with Gasteiger partial charge in [-0.05, 0) is 6.92 Å². The molecule has 0 spiro atoms. The van der Waals surface area contributed by atoms with Crippen molar-refractivity contribution in [1.29, 1.82) is 0 Å². The van der Waals surface area contributed by atoms with E-state index in [1.54, 1.807) is 0 Å². The fraction of sp³-hybridized carbons (Fsp3) is 0.500. The van der Waals surface area contributed by atoms with Gasteiger partial charge in [0.15, 0.2) is 0 Å². The number of nitrogens with one attached hydrogen (secondary N) is 2. The number of carbonyl (C=O) groups is 3. The van der Waals surface area contributed by atoms with Gasteiger partial charge in [0.1, 0.15) is 5.57 Å². The van der Waals surface area contributed by atoms with Gasteiger partial charge in [0, 0.05) is 5.70 Å². The summed E-state index contributed by atoms with van der Waals surface area (Å²) in [7, 11) is 1.67. The maximum atomic E-state index is 13.3. The first-order valence-corrected chi connectivity index (χ1v) is 5.15. The van der Waals surface area contributed by atoms with Crippen LogP contribution in [0.2, 0.25) is 0 Å². The lowest BCUT2D eigenvalue weighted by Gasteiger charge is -2.30. The molecule has 10 heteroatoms. The van der Waals surface area contributed by atoms with Gasteiger partial charge in [-0.2, -0.15) is 13.2 Å². The van der Waals surface area contributed by atoms with E-state index in [0.29, 0.717) is 0 Å². The lowest BCUT2D eigenvalue weighted by molar-refractivity contribution is -0.189. The van der Waals surface area contributed by atoms with Gasteiger partial charge >= 0.3 is 18.2 Å². The third-order valence-electron chi connectivity index (χ3n) is 2.68. The predicted molar refractivity (Wildman–Crippen MR) is 57.2 cm³/mol. The van der Waals surface area contributed by atoms with Gasteiger partial charge in [0.2, 0.25) is 0 Å². The summed E-state index contributed by atoms with van der Waals surface area (Å²) in [6, 6.07) is 0. The average Bonchev–Trinajstić information content (AvgIpc) is 2.60. The van der Waals surface area contributed by atoms with Crippen LogP contribution in [0.25, 0.3) is 0 Å². The minimum absolute atomic E-state index is 0.365. The predicted octanol–water partition coefficient (Wildman–Crippen LogP) is 0.220. The average molecular weight is 296 g/mol. The molecule has 2 amide bonds. The zero-order chi connectivity index (χ0) is 15.7. The number of carbonyl (C=O) groups excluding carboxylic acids is 3. The second-order valence-corrected chi connectivity index (χ2v) is 3.81. The standard InChI is InChI=1S/C10H11F3N2O5/c1-4-5(6(16)19-2)9(7(17)14-4,10(11,12)13)15-8(18)20-3/h1-3H3,(H,14,17)(H,15,18)/t9-/m1/s1. The first kappa shape index (κ1) is 15.8. The Hall–Kier alpha value is -2.26. The van der Waals surface area contributed by atoms with E-state index in [-0.39, 0.29) is 5.70 Å². The Kier molecular flexibility index (Phi) is 3.97. The Bertz CT molecular complexity index is 500. The van der Waals surface area contributed by atoms with E-state index in [2.05, 4.69) is 9.47 Å². The second-order valence-electron chi connectivity index (χ2n) is 3.81. The summed E-state index contributed by atoms with van der Waals surface area (Å²) in [5.41, 5.74) is -4.95. The van der Waals surface area contributed by atoms with E-state index in [0.717, 1.165) is 21.1 Å². The van der Waals surface area contributed by atoms with Crippen molar-refractivity contribution in [2.45, 2.75) is 18.6 Å². The molecule has 0 aliphatic carbocycles. The van der Waals surface area contributed by atoms with Gasteiger partial charge in [-0.1, -0.05) is 0 Å². The maximum Gasteiger partial charge on any atom is 0.425 e. The van der Waals surface area contributed by atoms with Crippen molar-refractivity contribution in [2.75, 3.05) is 14.2 Å². The Morgan fingerprint density at radius 2 is 1.80 bits per heavy atom. The summed E-state index contributed by atoms with van der Waals surface area (Å²) >= 11 is 0. The topological polar surface area (TPSA) is 93.7 Å². The highest BCUT2D eigenvalue weighted by Gasteiger charge is 2.69. The van der Waals surface area contributed by atoms with Gasteiger partial charge in [-0.25, -0.2) is 9.59 Å². The molecule has 20 heavy (non-hydrogen) atoms. The van der Waals surface area contributed by atoms with Crippen molar-refractivity contribution < 1.29 is 37.0 Å². The molecular formula is C10H11F3N2O5. The van der Waals surface area contributed by atoms with Gasteiger partial charge in [-0.15, -0.1) is 0 Å². The van der Waals surface area contributed by atoms with E-state index in [1.807, 2.05) is 5.32 Å². The molecule has 7 nitrogen and oxygen atoms in total. The van der Waals surface area contributed by atoms with Crippen molar-refractivity contribution in [1.82, 2.24) is 10.6 Å². The Labute approximate surface area is 111 Å². The largest absolute Gasteiger partial charge is 0.466 e. The molecule has 2 N–H and O–H groups in total. The molecule has 0 saturated carbocycles. The van der Waals surface area contributed by atoms with E-state index in [4.69, 9.17) is 0 Å². The Balaban J connectivity index is 3.51. The number of halogens is 3. The summed E-state index contributed by atoms with van der Waals surface area (Å²) < 4.78 is 48.2. The summed E-state index contributed by atoms with van der Waals surface area (Å²) in [4.78, 5) is 34.4. The molecule has 112 valence electrons.